The van der Waals surface area contributed by atoms with Gasteiger partial charge in [0, 0.05) is 29.8 Å². The van der Waals surface area contributed by atoms with E-state index in [0.29, 0.717) is 0 Å². The minimum absolute atomic E-state index is 0.0206. The van der Waals surface area contributed by atoms with E-state index >= 15 is 0 Å². The highest BCUT2D eigenvalue weighted by atomic mass is 32.2. The molecule has 2 aromatic carbocycles. The Balaban J connectivity index is 1.81. The fourth-order valence-corrected chi connectivity index (χ4v) is 4.50. The zero-order chi connectivity index (χ0) is 23.3. The number of aromatic amines is 1. The topological polar surface area (TPSA) is 231 Å². The van der Waals surface area contributed by atoms with Crippen LogP contribution in [0.25, 0.3) is 31.8 Å². The number of aliphatic imine (C=N–C) groups is 1. The second kappa shape index (κ2) is 7.11. The van der Waals surface area contributed by atoms with Crippen molar-refractivity contribution in [3.05, 3.63) is 68.5 Å². The van der Waals surface area contributed by atoms with Crippen LogP contribution in [-0.4, -0.2) is 38.4 Å². The van der Waals surface area contributed by atoms with Crippen LogP contribution in [0.15, 0.2) is 60.2 Å². The highest BCUT2D eigenvalue weighted by molar-refractivity contribution is 7.90. The standard InChI is InChI=1S/C16H8N8O6S2/c17-21-23-31(27,28)7-1-3-11-9(5-7)15(25)13(19-11)14-16(26)10-6-8(2-4-12(10)20-14)32(29,30)24-22-18/h1-6,19,25H. The highest BCUT2D eigenvalue weighted by Gasteiger charge is 2.31. The first-order valence-electron chi connectivity index (χ1n) is 8.34. The molecule has 2 N–H and O–H groups in total. The molecule has 16 heteroatoms. The summed E-state index contributed by atoms with van der Waals surface area (Å²) in [6.07, 6.45) is 0. The van der Waals surface area contributed by atoms with Gasteiger partial charge in [-0.3, -0.25) is 4.79 Å². The van der Waals surface area contributed by atoms with Gasteiger partial charge in [0.05, 0.1) is 21.0 Å². The number of nitrogens with one attached hydrogen (secondary N) is 1. The minimum Gasteiger partial charge on any atom is -0.505 e. The van der Waals surface area contributed by atoms with Crippen LogP contribution < -0.4 is 0 Å². The molecular weight excluding hydrogens is 464 g/mol. The molecule has 14 nitrogen and oxygen atoms in total. The Hall–Kier alpha value is -4.36. The fraction of sp³-hybridized carbons (Fsp3) is 0. The normalized spacial score (nSPS) is 13.2. The number of hydrogen-bond donors (Lipinski definition) is 2. The average Bonchev–Trinajstić information content (AvgIpc) is 3.24. The summed E-state index contributed by atoms with van der Waals surface area (Å²) in [6.45, 7) is 0. The van der Waals surface area contributed by atoms with Crippen molar-refractivity contribution in [1.29, 1.82) is 0 Å². The first-order chi connectivity index (χ1) is 15.1. The SMILES string of the molecule is [N-]=[N+]=NS(=O)(=O)c1ccc2c(c1)C(=O)C(c1[nH]c3ccc(S(=O)(=O)N=[N+]=[N-])cc3c1O)=N2. The molecule has 1 aliphatic heterocycles. The van der Waals surface area contributed by atoms with Gasteiger partial charge in [-0.1, -0.05) is 0 Å². The van der Waals surface area contributed by atoms with E-state index < -0.39 is 36.5 Å². The Labute approximate surface area is 178 Å². The number of Topliss-reactive ketones (excluding diaryl/α,β-unsaturated/α-hetero) is 1. The van der Waals surface area contributed by atoms with Gasteiger partial charge in [-0.15, -0.1) is 0 Å². The summed E-state index contributed by atoms with van der Waals surface area (Å²) in [7, 11) is -8.64. The number of benzene rings is 2. The number of aromatic nitrogens is 1. The van der Waals surface area contributed by atoms with Gasteiger partial charge in [0.25, 0.3) is 20.0 Å². The molecule has 0 aliphatic carbocycles. The first-order valence-corrected chi connectivity index (χ1v) is 11.2. The van der Waals surface area contributed by atoms with Crippen LogP contribution in [0.1, 0.15) is 16.1 Å². The van der Waals surface area contributed by atoms with Crippen LogP contribution in [0, 0.1) is 0 Å². The maximum Gasteiger partial charge on any atom is 0.264 e. The molecule has 0 spiro atoms. The number of carbonyl (C=O) groups excluding carboxylic acids is 1. The Morgan fingerprint density at radius 3 is 2.16 bits per heavy atom. The molecule has 1 aromatic heterocycles. The summed E-state index contributed by atoms with van der Waals surface area (Å²) in [6, 6.07) is 6.86. The zero-order valence-electron chi connectivity index (χ0n) is 15.4. The van der Waals surface area contributed by atoms with Gasteiger partial charge in [-0.25, -0.2) is 21.8 Å². The van der Waals surface area contributed by atoms with Crippen LogP contribution >= 0.6 is 0 Å². The number of hydrogen-bond acceptors (Lipinski definition) is 7. The lowest BCUT2D eigenvalue weighted by Crippen LogP contribution is -2.12. The molecule has 32 heavy (non-hydrogen) atoms. The molecule has 2 heterocycles. The predicted octanol–water partition coefficient (Wildman–Crippen LogP) is 3.19. The van der Waals surface area contributed by atoms with Gasteiger partial charge in [-0.05, 0) is 47.5 Å². The van der Waals surface area contributed by atoms with Gasteiger partial charge in [-0.2, -0.15) is 0 Å². The number of H-pyrrole nitrogens is 1. The molecule has 0 bridgehead atoms. The van der Waals surface area contributed by atoms with E-state index in [2.05, 4.69) is 28.8 Å². The number of rotatable bonds is 5. The lowest BCUT2D eigenvalue weighted by Gasteiger charge is -2.00. The maximum atomic E-state index is 12.9. The van der Waals surface area contributed by atoms with Crippen molar-refractivity contribution >= 4 is 48.1 Å². The summed E-state index contributed by atoms with van der Waals surface area (Å²) in [5.74, 6) is -1.21. The largest absolute Gasteiger partial charge is 0.505 e. The van der Waals surface area contributed by atoms with Gasteiger partial charge in [0.1, 0.15) is 11.4 Å². The van der Waals surface area contributed by atoms with Crippen LogP contribution in [0.5, 0.6) is 5.75 Å². The highest BCUT2D eigenvalue weighted by Crippen LogP contribution is 2.37. The number of aromatic hydroxyl groups is 1. The van der Waals surface area contributed by atoms with E-state index in [4.69, 9.17) is 11.1 Å². The third kappa shape index (κ3) is 3.21. The molecule has 0 amide bonds. The number of fused-ring (bicyclic) bond motifs is 2. The smallest absolute Gasteiger partial charge is 0.264 e. The molecule has 4 rings (SSSR count). The molecule has 0 saturated carbocycles. The van der Waals surface area contributed by atoms with Crippen LogP contribution in [0.3, 0.4) is 0 Å². The van der Waals surface area contributed by atoms with Crippen molar-refractivity contribution in [2.45, 2.75) is 9.79 Å². The van der Waals surface area contributed by atoms with E-state index in [9.17, 15) is 26.7 Å². The third-order valence-corrected chi connectivity index (χ3v) is 6.80. The maximum absolute atomic E-state index is 12.9. The van der Waals surface area contributed by atoms with Gasteiger partial charge in [0.2, 0.25) is 5.78 Å². The molecule has 0 unspecified atom stereocenters. The Morgan fingerprint density at radius 1 is 0.938 bits per heavy atom. The van der Waals surface area contributed by atoms with Crippen molar-refractivity contribution in [2.24, 2.45) is 14.0 Å². The van der Waals surface area contributed by atoms with Crippen molar-refractivity contribution in [3.8, 4) is 5.75 Å². The minimum atomic E-state index is -4.33. The van der Waals surface area contributed by atoms with E-state index in [-0.39, 0.29) is 38.5 Å². The monoisotopic (exact) mass is 472 g/mol. The van der Waals surface area contributed by atoms with Gasteiger partial charge >= 0.3 is 0 Å². The lowest BCUT2D eigenvalue weighted by molar-refractivity contribution is 0.106. The van der Waals surface area contributed by atoms with Crippen LogP contribution in [-0.2, 0) is 20.0 Å². The molecule has 160 valence electrons. The second-order valence-electron chi connectivity index (χ2n) is 6.32. The summed E-state index contributed by atoms with van der Waals surface area (Å²) < 4.78 is 53.2. The lowest BCUT2D eigenvalue weighted by atomic mass is 10.1. The van der Waals surface area contributed by atoms with Crippen molar-refractivity contribution in [2.75, 3.05) is 0 Å². The van der Waals surface area contributed by atoms with Gasteiger partial charge in [0.15, 0.2) is 5.75 Å². The summed E-state index contributed by atoms with van der Waals surface area (Å²) in [5.41, 5.74) is 16.7. The predicted molar refractivity (Wildman–Crippen MR) is 110 cm³/mol. The Bertz CT molecular complexity index is 1690. The van der Waals surface area contributed by atoms with Crippen molar-refractivity contribution in [1.82, 2.24) is 4.98 Å². The van der Waals surface area contributed by atoms with Crippen LogP contribution in [0.4, 0.5) is 5.69 Å². The molecule has 1 aliphatic rings. The Morgan fingerprint density at radius 2 is 1.53 bits per heavy atom. The van der Waals surface area contributed by atoms with E-state index in [1.165, 1.54) is 12.1 Å². The van der Waals surface area contributed by atoms with Crippen molar-refractivity contribution in [3.63, 3.8) is 0 Å². The second-order valence-corrected chi connectivity index (χ2v) is 9.49. The molecular formula is C16H8N8O6S2. The first kappa shape index (κ1) is 20.9. The molecule has 0 saturated heterocycles. The zero-order valence-corrected chi connectivity index (χ0v) is 17.0. The summed E-state index contributed by atoms with van der Waals surface area (Å²) in [4.78, 5) is 23.5. The van der Waals surface area contributed by atoms with Crippen molar-refractivity contribution < 1.29 is 26.7 Å². The summed E-state index contributed by atoms with van der Waals surface area (Å²) in [5, 5.41) is 10.6. The fourth-order valence-electron chi connectivity index (χ4n) is 3.10. The number of carbonyl (C=O) groups is 1. The number of sulfonamides is 2. The van der Waals surface area contributed by atoms with Crippen LogP contribution in [0.2, 0.25) is 0 Å². The number of nitrogens with zero attached hydrogens (tertiary/aromatic N) is 7. The van der Waals surface area contributed by atoms with E-state index in [1.807, 2.05) is 0 Å². The number of azide groups is 2. The molecule has 3 aromatic rings. The third-order valence-electron chi connectivity index (χ3n) is 4.52. The molecule has 0 atom stereocenters. The summed E-state index contributed by atoms with van der Waals surface area (Å²) >= 11 is 0. The molecule has 0 radical (unpaired) electrons. The van der Waals surface area contributed by atoms with E-state index in [1.54, 1.807) is 0 Å². The average molecular weight is 472 g/mol. The van der Waals surface area contributed by atoms with Gasteiger partial charge < -0.3 is 10.1 Å². The van der Waals surface area contributed by atoms with E-state index in [0.717, 1.165) is 24.3 Å². The Kier molecular flexibility index (Phi) is 4.64. The molecule has 0 fully saturated rings. The number of ketones is 1. The quantitative estimate of drug-likeness (QED) is 0.321.